The number of halogens is 1. The van der Waals surface area contributed by atoms with E-state index in [0.717, 1.165) is 6.42 Å². The number of benzene rings is 1. The molecular formula is C12H15FN2O2. The molecular weight excluding hydrogens is 223 g/mol. The number of rotatable bonds is 3. The average molecular weight is 238 g/mol. The third kappa shape index (κ3) is 2.24. The molecule has 5 heteroatoms. The van der Waals surface area contributed by atoms with E-state index in [0.29, 0.717) is 24.2 Å². The maximum absolute atomic E-state index is 13.1. The molecule has 1 saturated heterocycles. The first kappa shape index (κ1) is 11.9. The van der Waals surface area contributed by atoms with Gasteiger partial charge in [-0.05, 0) is 31.0 Å². The van der Waals surface area contributed by atoms with Crippen molar-refractivity contribution in [2.75, 3.05) is 11.4 Å². The Morgan fingerprint density at radius 2 is 2.35 bits per heavy atom. The Morgan fingerprint density at radius 3 is 3.00 bits per heavy atom. The van der Waals surface area contributed by atoms with E-state index in [9.17, 15) is 14.3 Å². The number of aliphatic hydroxyl groups excluding tert-OH is 1. The van der Waals surface area contributed by atoms with Crippen LogP contribution in [0.15, 0.2) is 18.2 Å². The van der Waals surface area contributed by atoms with Crippen molar-refractivity contribution in [1.29, 1.82) is 0 Å². The number of anilines is 1. The molecule has 4 nitrogen and oxygen atoms in total. The molecule has 3 N–H and O–H groups in total. The molecule has 1 atom stereocenters. The van der Waals surface area contributed by atoms with E-state index in [-0.39, 0.29) is 18.6 Å². The number of amides is 1. The summed E-state index contributed by atoms with van der Waals surface area (Å²) in [5.41, 5.74) is 6.50. The lowest BCUT2D eigenvalue weighted by Crippen LogP contribution is -2.40. The van der Waals surface area contributed by atoms with E-state index in [1.165, 1.54) is 12.1 Å². The number of carbonyl (C=O) groups excluding carboxylic acids is 1. The Kier molecular flexibility index (Phi) is 3.28. The number of primary amides is 1. The summed E-state index contributed by atoms with van der Waals surface area (Å²) in [6, 6.07) is 3.84. The van der Waals surface area contributed by atoms with Gasteiger partial charge in [0.25, 0.3) is 0 Å². The second kappa shape index (κ2) is 4.71. The number of aliphatic hydroxyl groups is 1. The Hall–Kier alpha value is -1.62. The smallest absolute Gasteiger partial charge is 0.240 e. The molecule has 1 aliphatic rings. The minimum Gasteiger partial charge on any atom is -0.392 e. The first-order chi connectivity index (χ1) is 8.13. The minimum absolute atomic E-state index is 0.255. The molecule has 1 unspecified atom stereocenters. The van der Waals surface area contributed by atoms with Crippen LogP contribution in [0, 0.1) is 5.82 Å². The second-order valence-corrected chi connectivity index (χ2v) is 4.18. The molecule has 1 aromatic rings. The molecule has 17 heavy (non-hydrogen) atoms. The largest absolute Gasteiger partial charge is 0.392 e. The molecule has 0 aliphatic carbocycles. The molecule has 1 fully saturated rings. The maximum Gasteiger partial charge on any atom is 0.240 e. The molecule has 1 aromatic carbocycles. The van der Waals surface area contributed by atoms with Crippen LogP contribution in [-0.2, 0) is 11.4 Å². The number of hydrogen-bond donors (Lipinski definition) is 2. The molecule has 0 aromatic heterocycles. The molecule has 0 spiro atoms. The molecule has 0 bridgehead atoms. The van der Waals surface area contributed by atoms with Crippen molar-refractivity contribution < 1.29 is 14.3 Å². The van der Waals surface area contributed by atoms with Gasteiger partial charge < -0.3 is 15.7 Å². The normalized spacial score (nSPS) is 19.6. The third-order valence-electron chi connectivity index (χ3n) is 3.10. The van der Waals surface area contributed by atoms with Crippen molar-refractivity contribution in [2.24, 2.45) is 5.73 Å². The lowest BCUT2D eigenvalue weighted by molar-refractivity contribution is -0.119. The predicted molar refractivity (Wildman–Crippen MR) is 61.9 cm³/mol. The SMILES string of the molecule is NC(=O)C1CCCN1c1ccc(F)cc1CO. The number of nitrogens with two attached hydrogens (primary N) is 1. The summed E-state index contributed by atoms with van der Waals surface area (Å²) in [5, 5.41) is 9.22. The maximum atomic E-state index is 13.1. The summed E-state index contributed by atoms with van der Waals surface area (Å²) < 4.78 is 13.1. The van der Waals surface area contributed by atoms with Crippen LogP contribution < -0.4 is 10.6 Å². The predicted octanol–water partition coefficient (Wildman–Crippen LogP) is 0.772. The van der Waals surface area contributed by atoms with Gasteiger partial charge in [0.05, 0.1) is 6.61 Å². The minimum atomic E-state index is -0.396. The highest BCUT2D eigenvalue weighted by Crippen LogP contribution is 2.29. The lowest BCUT2D eigenvalue weighted by Gasteiger charge is -2.26. The first-order valence-corrected chi connectivity index (χ1v) is 5.58. The van der Waals surface area contributed by atoms with Crippen molar-refractivity contribution in [2.45, 2.75) is 25.5 Å². The van der Waals surface area contributed by atoms with Gasteiger partial charge in [0.1, 0.15) is 11.9 Å². The Bertz CT molecular complexity index is 437. The van der Waals surface area contributed by atoms with E-state index in [1.54, 1.807) is 6.07 Å². The average Bonchev–Trinajstić information content (AvgIpc) is 2.77. The van der Waals surface area contributed by atoms with E-state index in [4.69, 9.17) is 5.73 Å². The zero-order valence-electron chi connectivity index (χ0n) is 9.40. The number of nitrogens with zero attached hydrogens (tertiary/aromatic N) is 1. The molecule has 1 aliphatic heterocycles. The van der Waals surface area contributed by atoms with Crippen LogP contribution in [0.2, 0.25) is 0 Å². The lowest BCUT2D eigenvalue weighted by atomic mass is 10.1. The van der Waals surface area contributed by atoms with Gasteiger partial charge in [-0.1, -0.05) is 0 Å². The zero-order chi connectivity index (χ0) is 12.4. The summed E-state index contributed by atoms with van der Waals surface area (Å²) in [6.07, 6.45) is 1.58. The highest BCUT2D eigenvalue weighted by atomic mass is 19.1. The summed E-state index contributed by atoms with van der Waals surface area (Å²) in [5.74, 6) is -0.775. The molecule has 0 saturated carbocycles. The first-order valence-electron chi connectivity index (χ1n) is 5.58. The fourth-order valence-corrected chi connectivity index (χ4v) is 2.31. The monoisotopic (exact) mass is 238 g/mol. The number of hydrogen-bond acceptors (Lipinski definition) is 3. The standard InChI is InChI=1S/C12H15FN2O2/c13-9-3-4-10(8(6-9)7-16)15-5-1-2-11(15)12(14)17/h3-4,6,11,16H,1-2,5,7H2,(H2,14,17). The van der Waals surface area contributed by atoms with Crippen LogP contribution in [-0.4, -0.2) is 23.6 Å². The quantitative estimate of drug-likeness (QED) is 0.817. The third-order valence-corrected chi connectivity index (χ3v) is 3.10. The van der Waals surface area contributed by atoms with Crippen molar-refractivity contribution in [3.8, 4) is 0 Å². The Labute approximate surface area is 98.8 Å². The summed E-state index contributed by atoms with van der Waals surface area (Å²) in [6.45, 7) is 0.446. The van der Waals surface area contributed by atoms with Gasteiger partial charge in [-0.3, -0.25) is 4.79 Å². The molecule has 0 radical (unpaired) electrons. The molecule has 1 amide bonds. The Balaban J connectivity index is 2.36. The van der Waals surface area contributed by atoms with E-state index in [1.807, 2.05) is 4.90 Å². The van der Waals surface area contributed by atoms with Gasteiger partial charge >= 0.3 is 0 Å². The van der Waals surface area contributed by atoms with Crippen molar-refractivity contribution >= 4 is 11.6 Å². The van der Waals surface area contributed by atoms with Gasteiger partial charge in [-0.2, -0.15) is 0 Å². The molecule has 1 heterocycles. The van der Waals surface area contributed by atoms with Gasteiger partial charge in [-0.15, -0.1) is 0 Å². The van der Waals surface area contributed by atoms with Crippen molar-refractivity contribution in [3.63, 3.8) is 0 Å². The van der Waals surface area contributed by atoms with Crippen molar-refractivity contribution in [1.82, 2.24) is 0 Å². The number of carbonyl (C=O) groups is 1. The topological polar surface area (TPSA) is 66.6 Å². The second-order valence-electron chi connectivity index (χ2n) is 4.18. The van der Waals surface area contributed by atoms with Gasteiger partial charge in [0, 0.05) is 17.8 Å². The van der Waals surface area contributed by atoms with Crippen LogP contribution in [0.25, 0.3) is 0 Å². The van der Waals surface area contributed by atoms with Gasteiger partial charge in [-0.25, -0.2) is 4.39 Å². The highest BCUT2D eigenvalue weighted by Gasteiger charge is 2.30. The summed E-state index contributed by atoms with van der Waals surface area (Å²) in [4.78, 5) is 13.1. The van der Waals surface area contributed by atoms with Crippen LogP contribution in [0.3, 0.4) is 0 Å². The fourth-order valence-electron chi connectivity index (χ4n) is 2.31. The molecule has 2 rings (SSSR count). The van der Waals surface area contributed by atoms with E-state index in [2.05, 4.69) is 0 Å². The van der Waals surface area contributed by atoms with Gasteiger partial charge in [0.15, 0.2) is 0 Å². The summed E-state index contributed by atoms with van der Waals surface area (Å²) >= 11 is 0. The van der Waals surface area contributed by atoms with Crippen molar-refractivity contribution in [3.05, 3.63) is 29.6 Å². The van der Waals surface area contributed by atoms with Gasteiger partial charge in [0.2, 0.25) is 5.91 Å². The van der Waals surface area contributed by atoms with E-state index < -0.39 is 5.82 Å². The highest BCUT2D eigenvalue weighted by molar-refractivity contribution is 5.84. The van der Waals surface area contributed by atoms with Crippen LogP contribution in [0.4, 0.5) is 10.1 Å². The molecule has 92 valence electrons. The van der Waals surface area contributed by atoms with Crippen LogP contribution in [0.1, 0.15) is 18.4 Å². The summed E-state index contributed by atoms with van der Waals surface area (Å²) in [7, 11) is 0. The van der Waals surface area contributed by atoms with Crippen LogP contribution >= 0.6 is 0 Å². The Morgan fingerprint density at radius 1 is 1.59 bits per heavy atom. The fraction of sp³-hybridized carbons (Fsp3) is 0.417. The van der Waals surface area contributed by atoms with Crippen LogP contribution in [0.5, 0.6) is 0 Å². The zero-order valence-corrected chi connectivity index (χ0v) is 9.40. The van der Waals surface area contributed by atoms with E-state index >= 15 is 0 Å².